The van der Waals surface area contributed by atoms with Crippen molar-refractivity contribution in [3.63, 3.8) is 0 Å². The molecule has 2 aliphatic rings. The van der Waals surface area contributed by atoms with E-state index in [1.165, 1.54) is 12.3 Å². The number of ether oxygens (including phenoxy) is 1. The van der Waals surface area contributed by atoms with Gasteiger partial charge in [0, 0.05) is 61.0 Å². The van der Waals surface area contributed by atoms with E-state index < -0.39 is 23.7 Å². The molecule has 4 heterocycles. The van der Waals surface area contributed by atoms with Crippen LogP contribution in [-0.4, -0.2) is 38.9 Å². The number of nitrogens with zero attached hydrogens (tertiary/aromatic N) is 3. The number of aromatic amines is 1. The summed E-state index contributed by atoms with van der Waals surface area (Å²) in [5.74, 6) is -2.58. The van der Waals surface area contributed by atoms with E-state index in [0.717, 1.165) is 24.7 Å². The summed E-state index contributed by atoms with van der Waals surface area (Å²) in [6, 6.07) is 2.79. The maximum atomic E-state index is 13.5. The van der Waals surface area contributed by atoms with Gasteiger partial charge in [-0.15, -0.1) is 0 Å². The van der Waals surface area contributed by atoms with Crippen LogP contribution >= 0.6 is 0 Å². The Kier molecular flexibility index (Phi) is 4.39. The fourth-order valence-electron chi connectivity index (χ4n) is 4.32. The Morgan fingerprint density at radius 2 is 1.87 bits per heavy atom. The largest absolute Gasteiger partial charge is 0.418 e. The quantitative estimate of drug-likeness (QED) is 0.578. The fourth-order valence-corrected chi connectivity index (χ4v) is 4.32. The Bertz CT molecular complexity index is 1070. The summed E-state index contributed by atoms with van der Waals surface area (Å²) in [6.45, 7) is 1.16. The van der Waals surface area contributed by atoms with E-state index in [4.69, 9.17) is 4.74 Å². The van der Waals surface area contributed by atoms with Gasteiger partial charge in [-0.2, -0.15) is 18.3 Å². The Hall–Kier alpha value is -2.49. The number of nitrogens with one attached hydrogen (secondary N) is 1. The molecule has 3 aromatic heterocycles. The Morgan fingerprint density at radius 1 is 1.13 bits per heavy atom. The van der Waals surface area contributed by atoms with Gasteiger partial charge in [-0.25, -0.2) is 13.8 Å². The van der Waals surface area contributed by atoms with Crippen LogP contribution in [-0.2, 0) is 10.9 Å². The molecule has 1 N–H and O–H groups in total. The smallest absolute Gasteiger partial charge is 0.381 e. The maximum Gasteiger partial charge on any atom is 0.418 e. The minimum atomic E-state index is -4.51. The normalized spacial score (nSPS) is 20.6. The van der Waals surface area contributed by atoms with Gasteiger partial charge in [0.15, 0.2) is 0 Å². The zero-order valence-corrected chi connectivity index (χ0v) is 15.8. The molecule has 1 saturated heterocycles. The number of pyridine rings is 1. The van der Waals surface area contributed by atoms with Crippen molar-refractivity contribution in [2.45, 2.75) is 49.7 Å². The van der Waals surface area contributed by atoms with E-state index in [-0.39, 0.29) is 29.8 Å². The molecule has 0 spiro atoms. The third-order valence-electron chi connectivity index (χ3n) is 5.95. The molecule has 1 aliphatic carbocycles. The summed E-state index contributed by atoms with van der Waals surface area (Å²) in [7, 11) is 0. The lowest BCUT2D eigenvalue weighted by atomic mass is 9.87. The lowest BCUT2D eigenvalue weighted by Crippen LogP contribution is -2.38. The highest BCUT2D eigenvalue weighted by molar-refractivity contribution is 5.84. The second-order valence-corrected chi connectivity index (χ2v) is 8.02. The molecular formula is C20H19F5N4O. The lowest BCUT2D eigenvalue weighted by Gasteiger charge is -2.37. The number of aromatic nitrogens is 4. The van der Waals surface area contributed by atoms with E-state index in [1.807, 2.05) is 0 Å². The van der Waals surface area contributed by atoms with Gasteiger partial charge in [0.25, 0.3) is 5.92 Å². The van der Waals surface area contributed by atoms with Crippen LogP contribution in [0.1, 0.15) is 48.9 Å². The van der Waals surface area contributed by atoms with Crippen LogP contribution in [0.5, 0.6) is 0 Å². The van der Waals surface area contributed by atoms with Crippen molar-refractivity contribution >= 4 is 11.0 Å². The molecule has 0 amide bonds. The molecule has 0 bridgehead atoms. The number of hydrogen-bond acceptors (Lipinski definition) is 3. The van der Waals surface area contributed by atoms with Crippen LogP contribution in [0.2, 0.25) is 0 Å². The number of H-pyrrole nitrogens is 1. The van der Waals surface area contributed by atoms with Crippen LogP contribution in [0.15, 0.2) is 24.5 Å². The van der Waals surface area contributed by atoms with Crippen LogP contribution in [0.3, 0.4) is 0 Å². The SMILES string of the molecule is FC1(F)CC(n2nc(-c3cnc4[nH]cc(C(F)(F)F)c4c3)cc2C2CCOCC2)C1. The molecule has 3 aromatic rings. The fraction of sp³-hybridized carbons (Fsp3) is 0.500. The highest BCUT2D eigenvalue weighted by atomic mass is 19.4. The Labute approximate surface area is 168 Å². The Balaban J connectivity index is 1.56. The van der Waals surface area contributed by atoms with Gasteiger partial charge < -0.3 is 9.72 Å². The molecular weight excluding hydrogens is 407 g/mol. The number of alkyl halides is 5. The van der Waals surface area contributed by atoms with E-state index >= 15 is 0 Å². The van der Waals surface area contributed by atoms with Crippen molar-refractivity contribution in [2.24, 2.45) is 0 Å². The molecule has 0 radical (unpaired) electrons. The first-order chi connectivity index (χ1) is 14.2. The summed E-state index contributed by atoms with van der Waals surface area (Å²) < 4.78 is 73.9. The van der Waals surface area contributed by atoms with E-state index in [0.29, 0.717) is 24.5 Å². The van der Waals surface area contributed by atoms with Crippen LogP contribution in [0.4, 0.5) is 22.0 Å². The van der Waals surface area contributed by atoms with Gasteiger partial charge in [0.2, 0.25) is 0 Å². The molecule has 2 fully saturated rings. The molecule has 10 heteroatoms. The van der Waals surface area contributed by atoms with E-state index in [9.17, 15) is 22.0 Å². The Morgan fingerprint density at radius 3 is 2.53 bits per heavy atom. The van der Waals surface area contributed by atoms with Crippen molar-refractivity contribution in [1.82, 2.24) is 19.7 Å². The van der Waals surface area contributed by atoms with Crippen molar-refractivity contribution < 1.29 is 26.7 Å². The number of halogens is 5. The minimum Gasteiger partial charge on any atom is -0.381 e. The first kappa shape index (κ1) is 19.5. The molecule has 5 nitrogen and oxygen atoms in total. The number of fused-ring (bicyclic) bond motifs is 1. The lowest BCUT2D eigenvalue weighted by molar-refractivity contribution is -0.136. The van der Waals surface area contributed by atoms with Gasteiger partial charge in [0.1, 0.15) is 5.65 Å². The van der Waals surface area contributed by atoms with Gasteiger partial charge in [-0.05, 0) is 25.0 Å². The molecule has 160 valence electrons. The molecule has 30 heavy (non-hydrogen) atoms. The summed E-state index contributed by atoms with van der Waals surface area (Å²) in [5, 5.41) is 4.49. The average Bonchev–Trinajstić information content (AvgIpc) is 3.30. The van der Waals surface area contributed by atoms with Crippen LogP contribution in [0.25, 0.3) is 22.3 Å². The summed E-state index contributed by atoms with van der Waals surface area (Å²) in [5.41, 5.74) is 1.03. The van der Waals surface area contributed by atoms with Gasteiger partial charge in [-0.3, -0.25) is 4.68 Å². The standard InChI is InChI=1S/C20H19F5N4O/c21-19(22)7-13(8-19)29-17(11-1-3-30-4-2-11)6-16(28-29)12-5-14-15(20(23,24)25)10-27-18(14)26-9-12/h5-6,9-11,13H,1-4,7-8H2,(H,26,27). The highest BCUT2D eigenvalue weighted by Crippen LogP contribution is 2.47. The summed E-state index contributed by atoms with van der Waals surface area (Å²) in [6.07, 6.45) is -1.22. The third-order valence-corrected chi connectivity index (χ3v) is 5.95. The topological polar surface area (TPSA) is 55.7 Å². The molecule has 0 aromatic carbocycles. The van der Waals surface area contributed by atoms with Gasteiger partial charge >= 0.3 is 6.18 Å². The van der Waals surface area contributed by atoms with Crippen molar-refractivity contribution in [1.29, 1.82) is 0 Å². The predicted octanol–water partition coefficient (Wildman–Crippen LogP) is 5.31. The summed E-state index contributed by atoms with van der Waals surface area (Å²) >= 11 is 0. The zero-order valence-electron chi connectivity index (χ0n) is 15.8. The summed E-state index contributed by atoms with van der Waals surface area (Å²) in [4.78, 5) is 6.63. The number of rotatable bonds is 3. The molecule has 0 unspecified atom stereocenters. The zero-order chi connectivity index (χ0) is 21.1. The van der Waals surface area contributed by atoms with Crippen molar-refractivity contribution in [2.75, 3.05) is 13.2 Å². The van der Waals surface area contributed by atoms with Crippen LogP contribution in [0, 0.1) is 0 Å². The first-order valence-corrected chi connectivity index (χ1v) is 9.81. The van der Waals surface area contributed by atoms with Crippen molar-refractivity contribution in [3.8, 4) is 11.3 Å². The number of hydrogen-bond donors (Lipinski definition) is 1. The van der Waals surface area contributed by atoms with E-state index in [1.54, 1.807) is 10.7 Å². The van der Waals surface area contributed by atoms with Gasteiger partial charge in [0.05, 0.1) is 17.3 Å². The molecule has 5 rings (SSSR count). The monoisotopic (exact) mass is 426 g/mol. The maximum absolute atomic E-state index is 13.5. The molecule has 1 aliphatic heterocycles. The van der Waals surface area contributed by atoms with Crippen LogP contribution < -0.4 is 0 Å². The second kappa shape index (κ2) is 6.76. The second-order valence-electron chi connectivity index (χ2n) is 8.02. The predicted molar refractivity (Wildman–Crippen MR) is 98.3 cm³/mol. The average molecular weight is 426 g/mol. The molecule has 1 saturated carbocycles. The third kappa shape index (κ3) is 3.36. The van der Waals surface area contributed by atoms with Crippen molar-refractivity contribution in [3.05, 3.63) is 35.8 Å². The molecule has 0 atom stereocenters. The first-order valence-electron chi connectivity index (χ1n) is 9.81. The van der Waals surface area contributed by atoms with E-state index in [2.05, 4.69) is 15.1 Å². The highest BCUT2D eigenvalue weighted by Gasteiger charge is 2.47. The minimum absolute atomic E-state index is 0.0441. The van der Waals surface area contributed by atoms with Gasteiger partial charge in [-0.1, -0.05) is 0 Å².